The Morgan fingerprint density at radius 3 is 2.76 bits per heavy atom. The van der Waals surface area contributed by atoms with E-state index in [-0.39, 0.29) is 18.5 Å². The number of piperidine rings is 1. The zero-order valence-corrected chi connectivity index (χ0v) is 21.4. The predicted octanol–water partition coefficient (Wildman–Crippen LogP) is 4.08. The van der Waals surface area contributed by atoms with E-state index in [0.29, 0.717) is 59.7 Å². The number of likely N-dealkylation sites (tertiary alicyclic amines) is 1. The smallest absolute Gasteiger partial charge is 0.312 e. The van der Waals surface area contributed by atoms with Crippen molar-refractivity contribution in [3.63, 3.8) is 0 Å². The van der Waals surface area contributed by atoms with Gasteiger partial charge < -0.3 is 29.1 Å². The first-order chi connectivity index (χ1) is 18.4. The molecular weight excluding hydrogens is 491 g/mol. The van der Waals surface area contributed by atoms with Gasteiger partial charge in [-0.3, -0.25) is 4.79 Å². The van der Waals surface area contributed by atoms with Crippen LogP contribution in [0.2, 0.25) is 0 Å². The first-order valence-electron chi connectivity index (χ1n) is 12.8. The van der Waals surface area contributed by atoms with E-state index in [1.807, 2.05) is 40.7 Å². The van der Waals surface area contributed by atoms with E-state index in [4.69, 9.17) is 24.6 Å². The Kier molecular flexibility index (Phi) is 6.13. The van der Waals surface area contributed by atoms with Crippen LogP contribution in [0.5, 0.6) is 11.5 Å². The van der Waals surface area contributed by atoms with Crippen molar-refractivity contribution in [1.82, 2.24) is 24.4 Å². The molecule has 1 amide bonds. The largest absolute Gasteiger partial charge is 0.461 e. The molecule has 0 radical (unpaired) electrons. The molecule has 2 aliphatic rings. The molecule has 1 fully saturated rings. The first kappa shape index (κ1) is 24.2. The number of hydrogen-bond donors (Lipinski definition) is 1. The fourth-order valence-corrected chi connectivity index (χ4v) is 5.42. The molecule has 1 atom stereocenters. The summed E-state index contributed by atoms with van der Waals surface area (Å²) in [5.41, 5.74) is 8.55. The highest BCUT2D eigenvalue weighted by Gasteiger charge is 2.25. The fraction of sp³-hybridized carbons (Fsp3) is 0.407. The molecule has 6 rings (SSSR count). The monoisotopic (exact) mass is 520 g/mol. The van der Waals surface area contributed by atoms with Crippen LogP contribution in [0.25, 0.3) is 22.5 Å². The van der Waals surface area contributed by atoms with Gasteiger partial charge in [0.25, 0.3) is 0 Å². The second-order valence-corrected chi connectivity index (χ2v) is 9.94. The van der Waals surface area contributed by atoms with Crippen LogP contribution in [0, 0.1) is 18.9 Å². The lowest BCUT2D eigenvalue weighted by molar-refractivity contribution is -0.130. The molecule has 1 aromatic carbocycles. The number of aryl methyl sites for hydroxylation is 2. The molecule has 10 nitrogen and oxygen atoms in total. The number of halogens is 1. The van der Waals surface area contributed by atoms with Crippen LogP contribution in [0.3, 0.4) is 0 Å². The molecule has 0 bridgehead atoms. The number of fused-ring (bicyclic) bond motifs is 2. The van der Waals surface area contributed by atoms with Crippen molar-refractivity contribution in [2.45, 2.75) is 46.1 Å². The molecular formula is C27H29FN6O4. The minimum atomic E-state index is -0.891. The van der Waals surface area contributed by atoms with Gasteiger partial charge in [-0.2, -0.15) is 14.4 Å². The van der Waals surface area contributed by atoms with Crippen LogP contribution < -0.4 is 15.2 Å². The van der Waals surface area contributed by atoms with Gasteiger partial charge in [0.15, 0.2) is 28.5 Å². The number of ether oxygens (including phenoxy) is 2. The van der Waals surface area contributed by atoms with Gasteiger partial charge in [-0.1, -0.05) is 0 Å². The number of furan rings is 1. The standard InChI is InChI=1S/C27H29FN6O4/c1-15-5-6-20(38-15)19-12-22-21(36-14-37-22)10-18(19)11-23-30-24-25(29)31-27(28)32-26(24)34(23)9-7-17-4-3-8-33(13-17)16(2)35/h5-6,10,12,17H,3-4,7-9,11,13-14H2,1-2H3,(H2,29,31,32). The van der Waals surface area contributed by atoms with E-state index >= 15 is 0 Å². The molecule has 0 spiro atoms. The molecule has 38 heavy (non-hydrogen) atoms. The normalized spacial score (nSPS) is 16.9. The predicted molar refractivity (Wildman–Crippen MR) is 137 cm³/mol. The number of rotatable bonds is 6. The van der Waals surface area contributed by atoms with Crippen LogP contribution in [-0.2, 0) is 17.8 Å². The molecule has 0 saturated carbocycles. The van der Waals surface area contributed by atoms with Crippen molar-refractivity contribution in [3.8, 4) is 22.8 Å². The van der Waals surface area contributed by atoms with Gasteiger partial charge in [0.05, 0.1) is 0 Å². The minimum absolute atomic E-state index is 0.000454. The van der Waals surface area contributed by atoms with Crippen LogP contribution in [0.1, 0.15) is 43.3 Å². The third-order valence-corrected chi connectivity index (χ3v) is 7.35. The van der Waals surface area contributed by atoms with Crippen molar-refractivity contribution in [3.05, 3.63) is 47.5 Å². The summed E-state index contributed by atoms with van der Waals surface area (Å²) >= 11 is 0. The Balaban J connectivity index is 1.38. The van der Waals surface area contributed by atoms with Crippen LogP contribution in [0.15, 0.2) is 28.7 Å². The second kappa shape index (κ2) is 9.62. The third-order valence-electron chi connectivity index (χ3n) is 7.35. The summed E-state index contributed by atoms with van der Waals surface area (Å²) in [6.45, 7) is 5.71. The molecule has 1 unspecified atom stereocenters. The second-order valence-electron chi connectivity index (χ2n) is 9.94. The lowest BCUT2D eigenvalue weighted by Gasteiger charge is -2.32. The van der Waals surface area contributed by atoms with Crippen LogP contribution in [0.4, 0.5) is 10.2 Å². The minimum Gasteiger partial charge on any atom is -0.461 e. The highest BCUT2D eigenvalue weighted by molar-refractivity contribution is 5.82. The zero-order chi connectivity index (χ0) is 26.4. The van der Waals surface area contributed by atoms with E-state index in [1.54, 1.807) is 6.92 Å². The number of aromatic nitrogens is 4. The van der Waals surface area contributed by atoms with Crippen molar-refractivity contribution in [2.75, 3.05) is 25.6 Å². The Labute approximate surface area is 218 Å². The van der Waals surface area contributed by atoms with Crippen LogP contribution in [-0.4, -0.2) is 50.2 Å². The SMILES string of the molecule is CC(=O)N1CCCC(CCn2c(Cc3cc4c(cc3-c3ccc(C)o3)OCO4)nc3c(N)nc(F)nc32)C1. The third kappa shape index (κ3) is 4.52. The molecule has 5 heterocycles. The molecule has 0 aliphatic carbocycles. The summed E-state index contributed by atoms with van der Waals surface area (Å²) in [6, 6.07) is 7.67. The highest BCUT2D eigenvalue weighted by atomic mass is 19.1. The first-order valence-corrected chi connectivity index (χ1v) is 12.8. The Bertz CT molecular complexity index is 1530. The Morgan fingerprint density at radius 2 is 2.00 bits per heavy atom. The average molecular weight is 521 g/mol. The summed E-state index contributed by atoms with van der Waals surface area (Å²) < 4.78 is 33.4. The molecule has 2 aliphatic heterocycles. The molecule has 11 heteroatoms. The van der Waals surface area contributed by atoms with Crippen molar-refractivity contribution in [2.24, 2.45) is 5.92 Å². The maximum absolute atomic E-state index is 14.3. The van der Waals surface area contributed by atoms with E-state index in [1.165, 1.54) is 0 Å². The molecule has 4 aromatic rings. The topological polar surface area (TPSA) is 122 Å². The maximum atomic E-state index is 14.3. The lowest BCUT2D eigenvalue weighted by Crippen LogP contribution is -2.38. The van der Waals surface area contributed by atoms with Gasteiger partial charge in [-0.25, -0.2) is 4.98 Å². The number of amides is 1. The molecule has 3 aromatic heterocycles. The van der Waals surface area contributed by atoms with E-state index < -0.39 is 6.08 Å². The number of nitrogens with zero attached hydrogens (tertiary/aromatic N) is 5. The van der Waals surface area contributed by atoms with E-state index in [2.05, 4.69) is 9.97 Å². The zero-order valence-electron chi connectivity index (χ0n) is 21.4. The maximum Gasteiger partial charge on any atom is 0.312 e. The highest BCUT2D eigenvalue weighted by Crippen LogP contribution is 2.40. The van der Waals surface area contributed by atoms with Gasteiger partial charge in [-0.05, 0) is 61.9 Å². The van der Waals surface area contributed by atoms with Crippen molar-refractivity contribution in [1.29, 1.82) is 0 Å². The average Bonchev–Trinajstić information content (AvgIpc) is 3.61. The summed E-state index contributed by atoms with van der Waals surface area (Å²) in [5.74, 6) is 3.89. The van der Waals surface area contributed by atoms with Crippen molar-refractivity contribution >= 4 is 22.9 Å². The summed E-state index contributed by atoms with van der Waals surface area (Å²) in [6.07, 6.45) is 2.29. The van der Waals surface area contributed by atoms with Gasteiger partial charge in [0, 0.05) is 38.5 Å². The molecule has 2 N–H and O–H groups in total. The summed E-state index contributed by atoms with van der Waals surface area (Å²) in [7, 11) is 0. The number of hydrogen-bond acceptors (Lipinski definition) is 8. The number of nitrogens with two attached hydrogens (primary N) is 1. The molecule has 1 saturated heterocycles. The number of benzene rings is 1. The lowest BCUT2D eigenvalue weighted by atomic mass is 9.94. The number of anilines is 1. The number of carbonyl (C=O) groups is 1. The molecule has 198 valence electrons. The number of carbonyl (C=O) groups excluding carboxylic acids is 1. The fourth-order valence-electron chi connectivity index (χ4n) is 5.42. The Hall–Kier alpha value is -4.15. The Morgan fingerprint density at radius 1 is 1.18 bits per heavy atom. The summed E-state index contributed by atoms with van der Waals surface area (Å²) in [5, 5.41) is 0. The van der Waals surface area contributed by atoms with Crippen LogP contribution >= 0.6 is 0 Å². The quantitative estimate of drug-likeness (QED) is 0.378. The van der Waals surface area contributed by atoms with E-state index in [0.717, 1.165) is 42.7 Å². The number of nitrogen functional groups attached to an aromatic ring is 1. The van der Waals surface area contributed by atoms with Crippen molar-refractivity contribution < 1.29 is 23.1 Å². The van der Waals surface area contributed by atoms with Gasteiger partial charge >= 0.3 is 6.08 Å². The number of imidazole rings is 1. The summed E-state index contributed by atoms with van der Waals surface area (Å²) in [4.78, 5) is 26.3. The van der Waals surface area contributed by atoms with Gasteiger partial charge in [-0.15, -0.1) is 0 Å². The van der Waals surface area contributed by atoms with E-state index in [9.17, 15) is 9.18 Å². The van der Waals surface area contributed by atoms with Gasteiger partial charge in [0.1, 0.15) is 17.3 Å². The van der Waals surface area contributed by atoms with Gasteiger partial charge in [0.2, 0.25) is 12.7 Å².